The molecular weight excluding hydrogens is 424 g/mol. The number of carbonyl (C=O) groups is 1. The molecule has 0 bridgehead atoms. The first-order valence-electron chi connectivity index (χ1n) is 9.61. The minimum Gasteiger partial charge on any atom is -0.497 e. The number of benzene rings is 2. The van der Waals surface area contributed by atoms with Crippen LogP contribution < -0.4 is 10.1 Å². The number of nitrogens with zero attached hydrogens (tertiary/aromatic N) is 5. The van der Waals surface area contributed by atoms with Crippen molar-refractivity contribution in [3.8, 4) is 28.9 Å². The van der Waals surface area contributed by atoms with Gasteiger partial charge in [-0.1, -0.05) is 11.8 Å². The number of thioether (sulfide) groups is 1. The minimum absolute atomic E-state index is 0.143. The molecule has 0 saturated heterocycles. The molecule has 8 nitrogen and oxygen atoms in total. The lowest BCUT2D eigenvalue weighted by Gasteiger charge is -2.11. The van der Waals surface area contributed by atoms with Gasteiger partial charge >= 0.3 is 0 Å². The van der Waals surface area contributed by atoms with Crippen LogP contribution in [0.25, 0.3) is 17.1 Å². The molecule has 158 valence electrons. The van der Waals surface area contributed by atoms with Crippen LogP contribution in [-0.4, -0.2) is 38.5 Å². The van der Waals surface area contributed by atoms with E-state index < -0.39 is 0 Å². The van der Waals surface area contributed by atoms with Crippen LogP contribution >= 0.6 is 11.8 Å². The number of carbonyl (C=O) groups excluding carboxylic acids is 1. The van der Waals surface area contributed by atoms with Gasteiger partial charge in [-0.15, -0.1) is 10.2 Å². The van der Waals surface area contributed by atoms with Gasteiger partial charge in [-0.2, -0.15) is 5.26 Å². The average molecular weight is 443 g/mol. The van der Waals surface area contributed by atoms with Crippen LogP contribution in [0.15, 0.2) is 78.2 Å². The van der Waals surface area contributed by atoms with Gasteiger partial charge in [0, 0.05) is 29.3 Å². The highest BCUT2D eigenvalue weighted by Gasteiger charge is 2.17. The monoisotopic (exact) mass is 442 g/mol. The normalized spacial score (nSPS) is 10.4. The van der Waals surface area contributed by atoms with Crippen molar-refractivity contribution >= 4 is 23.4 Å². The van der Waals surface area contributed by atoms with Crippen LogP contribution in [0.5, 0.6) is 5.75 Å². The van der Waals surface area contributed by atoms with E-state index in [9.17, 15) is 4.79 Å². The number of hydrogen-bond donors (Lipinski definition) is 1. The molecule has 0 unspecified atom stereocenters. The summed E-state index contributed by atoms with van der Waals surface area (Å²) in [5.41, 5.74) is 2.87. The molecule has 4 aromatic rings. The third kappa shape index (κ3) is 4.77. The number of amides is 1. The van der Waals surface area contributed by atoms with Gasteiger partial charge in [0.05, 0.1) is 24.5 Å². The van der Waals surface area contributed by atoms with E-state index in [2.05, 4.69) is 26.6 Å². The second-order valence-corrected chi connectivity index (χ2v) is 7.54. The van der Waals surface area contributed by atoms with Crippen molar-refractivity contribution < 1.29 is 9.53 Å². The molecule has 2 aromatic carbocycles. The number of ether oxygens (including phenoxy) is 1. The summed E-state index contributed by atoms with van der Waals surface area (Å²) in [5, 5.41) is 21.0. The van der Waals surface area contributed by atoms with Crippen molar-refractivity contribution in [3.63, 3.8) is 0 Å². The lowest BCUT2D eigenvalue weighted by atomic mass is 10.2. The van der Waals surface area contributed by atoms with Gasteiger partial charge in [0.1, 0.15) is 5.75 Å². The van der Waals surface area contributed by atoms with Gasteiger partial charge in [-0.3, -0.25) is 14.3 Å². The van der Waals surface area contributed by atoms with Crippen molar-refractivity contribution in [2.24, 2.45) is 0 Å². The number of aromatic nitrogens is 4. The predicted molar refractivity (Wildman–Crippen MR) is 122 cm³/mol. The largest absolute Gasteiger partial charge is 0.497 e. The zero-order valence-corrected chi connectivity index (χ0v) is 17.9. The van der Waals surface area contributed by atoms with E-state index in [1.807, 2.05) is 41.0 Å². The topological polar surface area (TPSA) is 106 Å². The number of nitrogens with one attached hydrogen (secondary N) is 1. The fraction of sp³-hybridized carbons (Fsp3) is 0.0870. The zero-order valence-electron chi connectivity index (χ0n) is 17.1. The molecule has 0 saturated carbocycles. The van der Waals surface area contributed by atoms with E-state index in [0.29, 0.717) is 22.2 Å². The van der Waals surface area contributed by atoms with Crippen LogP contribution in [0.3, 0.4) is 0 Å². The lowest BCUT2D eigenvalue weighted by Crippen LogP contribution is -2.14. The molecular formula is C23H18N6O2S. The summed E-state index contributed by atoms with van der Waals surface area (Å²) in [6, 6.07) is 20.0. The first-order chi connectivity index (χ1) is 15.7. The summed E-state index contributed by atoms with van der Waals surface area (Å²) < 4.78 is 7.15. The van der Waals surface area contributed by atoms with Gasteiger partial charge in [0.15, 0.2) is 11.0 Å². The summed E-state index contributed by atoms with van der Waals surface area (Å²) in [6.07, 6.45) is 3.39. The third-order valence-electron chi connectivity index (χ3n) is 4.53. The van der Waals surface area contributed by atoms with Crippen molar-refractivity contribution in [2.45, 2.75) is 5.16 Å². The summed E-state index contributed by atoms with van der Waals surface area (Å²) >= 11 is 1.28. The molecule has 0 spiro atoms. The van der Waals surface area contributed by atoms with Crippen molar-refractivity contribution in [3.05, 3.63) is 78.6 Å². The quantitative estimate of drug-likeness (QED) is 0.432. The van der Waals surface area contributed by atoms with Gasteiger partial charge in [0.25, 0.3) is 0 Å². The lowest BCUT2D eigenvalue weighted by molar-refractivity contribution is -0.113. The summed E-state index contributed by atoms with van der Waals surface area (Å²) in [5.74, 6) is 1.34. The Morgan fingerprint density at radius 3 is 2.44 bits per heavy atom. The molecule has 1 N–H and O–H groups in total. The molecule has 0 aliphatic carbocycles. The van der Waals surface area contributed by atoms with Crippen molar-refractivity contribution in [1.82, 2.24) is 19.7 Å². The Hall–Kier alpha value is -4.16. The van der Waals surface area contributed by atoms with Crippen molar-refractivity contribution in [2.75, 3.05) is 18.2 Å². The van der Waals surface area contributed by atoms with Gasteiger partial charge < -0.3 is 10.1 Å². The second-order valence-electron chi connectivity index (χ2n) is 6.60. The number of hydrogen-bond acceptors (Lipinski definition) is 7. The van der Waals surface area contributed by atoms with Crippen LogP contribution in [0, 0.1) is 11.3 Å². The predicted octanol–water partition coefficient (Wildman–Crippen LogP) is 3.94. The SMILES string of the molecule is COc1ccc(-n2c(SCC(=O)Nc3ccc(C#N)cc3)nnc2-c2ccncc2)cc1. The Kier molecular flexibility index (Phi) is 6.43. The third-order valence-corrected chi connectivity index (χ3v) is 5.46. The summed E-state index contributed by atoms with van der Waals surface area (Å²) in [6.45, 7) is 0. The van der Waals surface area contributed by atoms with Gasteiger partial charge in [-0.05, 0) is 60.7 Å². The van der Waals surface area contributed by atoms with Gasteiger partial charge in [-0.25, -0.2) is 0 Å². The first kappa shape index (κ1) is 21.1. The maximum absolute atomic E-state index is 12.5. The van der Waals surface area contributed by atoms with E-state index >= 15 is 0 Å². The van der Waals surface area contributed by atoms with Crippen LogP contribution in [0.1, 0.15) is 5.56 Å². The number of rotatable bonds is 7. The molecule has 32 heavy (non-hydrogen) atoms. The summed E-state index contributed by atoms with van der Waals surface area (Å²) in [4.78, 5) is 16.5. The Bertz CT molecular complexity index is 1250. The van der Waals surface area contributed by atoms with E-state index in [0.717, 1.165) is 17.0 Å². The Morgan fingerprint density at radius 1 is 1.06 bits per heavy atom. The first-order valence-corrected chi connectivity index (χ1v) is 10.6. The molecule has 4 rings (SSSR count). The number of anilines is 1. The van der Waals surface area contributed by atoms with Crippen LogP contribution in [-0.2, 0) is 4.79 Å². The molecule has 1 amide bonds. The summed E-state index contributed by atoms with van der Waals surface area (Å²) in [7, 11) is 1.62. The molecule has 0 atom stereocenters. The maximum Gasteiger partial charge on any atom is 0.234 e. The molecule has 0 aliphatic rings. The molecule has 9 heteroatoms. The standard InChI is InChI=1S/C23H18N6O2S/c1-31-20-8-6-19(7-9-20)29-22(17-10-12-25-13-11-17)27-28-23(29)32-15-21(30)26-18-4-2-16(14-24)3-5-18/h2-13H,15H2,1H3,(H,26,30). The second kappa shape index (κ2) is 9.76. The Labute approximate surface area is 188 Å². The molecule has 0 radical (unpaired) electrons. The zero-order chi connectivity index (χ0) is 22.3. The highest BCUT2D eigenvalue weighted by atomic mass is 32.2. The number of pyridine rings is 1. The van der Waals surface area contributed by atoms with Crippen LogP contribution in [0.4, 0.5) is 5.69 Å². The molecule has 2 heterocycles. The number of methoxy groups -OCH3 is 1. The maximum atomic E-state index is 12.5. The fourth-order valence-corrected chi connectivity index (χ4v) is 3.72. The molecule has 2 aromatic heterocycles. The highest BCUT2D eigenvalue weighted by Crippen LogP contribution is 2.28. The van der Waals surface area contributed by atoms with E-state index in [-0.39, 0.29) is 11.7 Å². The number of nitriles is 1. The van der Waals surface area contributed by atoms with Crippen LogP contribution in [0.2, 0.25) is 0 Å². The van der Waals surface area contributed by atoms with E-state index in [1.165, 1.54) is 11.8 Å². The van der Waals surface area contributed by atoms with Gasteiger partial charge in [0.2, 0.25) is 5.91 Å². The minimum atomic E-state index is -0.186. The fourth-order valence-electron chi connectivity index (χ4n) is 2.97. The Balaban J connectivity index is 1.57. The van der Waals surface area contributed by atoms with E-state index in [4.69, 9.17) is 10.00 Å². The molecule has 0 fully saturated rings. The molecule has 0 aliphatic heterocycles. The average Bonchev–Trinajstić information content (AvgIpc) is 3.28. The van der Waals surface area contributed by atoms with Crippen molar-refractivity contribution in [1.29, 1.82) is 5.26 Å². The smallest absolute Gasteiger partial charge is 0.234 e. The highest BCUT2D eigenvalue weighted by molar-refractivity contribution is 7.99. The Morgan fingerprint density at radius 2 is 1.78 bits per heavy atom. The van der Waals surface area contributed by atoms with E-state index in [1.54, 1.807) is 43.8 Å².